The van der Waals surface area contributed by atoms with Crippen molar-refractivity contribution in [3.8, 4) is 16.9 Å². The van der Waals surface area contributed by atoms with Crippen molar-refractivity contribution in [1.29, 1.82) is 0 Å². The van der Waals surface area contributed by atoms with Crippen molar-refractivity contribution in [3.63, 3.8) is 0 Å². The third-order valence-electron chi connectivity index (χ3n) is 3.34. The first-order chi connectivity index (χ1) is 9.06. The van der Waals surface area contributed by atoms with Crippen LogP contribution in [0.2, 0.25) is 0 Å². The van der Waals surface area contributed by atoms with Crippen LogP contribution in [0.5, 0.6) is 5.75 Å². The Balaban J connectivity index is 2.59. The quantitative estimate of drug-likeness (QED) is 0.913. The Bertz CT molecular complexity index is 583. The Morgan fingerprint density at radius 1 is 1.11 bits per heavy atom. The van der Waals surface area contributed by atoms with Crippen LogP contribution in [0.3, 0.4) is 0 Å². The number of aryl methyl sites for hydroxylation is 2. The average Bonchev–Trinajstić information content (AvgIpc) is 2.39. The van der Waals surface area contributed by atoms with E-state index in [1.165, 1.54) is 6.07 Å². The number of aliphatic hydroxyl groups is 1. The Hall–Kier alpha value is -1.87. The lowest BCUT2D eigenvalue weighted by Gasteiger charge is -2.12. The molecule has 2 nitrogen and oxygen atoms in total. The zero-order valence-electron chi connectivity index (χ0n) is 11.3. The van der Waals surface area contributed by atoms with Crippen LogP contribution in [0.15, 0.2) is 30.3 Å². The molecule has 0 fully saturated rings. The van der Waals surface area contributed by atoms with Crippen molar-refractivity contribution in [2.24, 2.45) is 0 Å². The van der Waals surface area contributed by atoms with Gasteiger partial charge in [-0.1, -0.05) is 12.1 Å². The smallest absolute Gasteiger partial charge is 0.131 e. The molecule has 1 N–H and O–H groups in total. The number of benzene rings is 2. The van der Waals surface area contributed by atoms with Gasteiger partial charge in [0.15, 0.2) is 0 Å². The number of aliphatic hydroxyl groups excluding tert-OH is 1. The van der Waals surface area contributed by atoms with Crippen LogP contribution < -0.4 is 4.74 Å². The molecule has 2 aromatic carbocycles. The summed E-state index contributed by atoms with van der Waals surface area (Å²) in [5.74, 6) is 0.342. The standard InChI is InChI=1S/C16H17FO2/c1-10-6-12(7-11(2)15(10)9-18)14-8-13(19-3)4-5-16(14)17/h4-8,18H,9H2,1-3H3. The van der Waals surface area contributed by atoms with Crippen molar-refractivity contribution < 1.29 is 14.2 Å². The van der Waals surface area contributed by atoms with E-state index in [2.05, 4.69) is 0 Å². The Morgan fingerprint density at radius 2 is 1.74 bits per heavy atom. The van der Waals surface area contributed by atoms with Crippen molar-refractivity contribution in [3.05, 3.63) is 52.8 Å². The van der Waals surface area contributed by atoms with E-state index in [4.69, 9.17) is 4.74 Å². The predicted molar refractivity (Wildman–Crippen MR) is 73.8 cm³/mol. The van der Waals surface area contributed by atoms with Gasteiger partial charge in [0.05, 0.1) is 13.7 Å². The van der Waals surface area contributed by atoms with Gasteiger partial charge in [0.1, 0.15) is 11.6 Å². The first-order valence-electron chi connectivity index (χ1n) is 6.11. The van der Waals surface area contributed by atoms with E-state index in [9.17, 15) is 9.50 Å². The highest BCUT2D eigenvalue weighted by Gasteiger charge is 2.10. The lowest BCUT2D eigenvalue weighted by Crippen LogP contribution is -1.96. The summed E-state index contributed by atoms with van der Waals surface area (Å²) >= 11 is 0. The average molecular weight is 260 g/mol. The summed E-state index contributed by atoms with van der Waals surface area (Å²) in [6, 6.07) is 8.45. The summed E-state index contributed by atoms with van der Waals surface area (Å²) in [4.78, 5) is 0. The highest BCUT2D eigenvalue weighted by molar-refractivity contribution is 5.68. The van der Waals surface area contributed by atoms with Crippen LogP contribution in [0.1, 0.15) is 16.7 Å². The van der Waals surface area contributed by atoms with Gasteiger partial charge in [-0.25, -0.2) is 4.39 Å². The highest BCUT2D eigenvalue weighted by atomic mass is 19.1. The van der Waals surface area contributed by atoms with E-state index in [0.717, 1.165) is 22.3 Å². The maximum atomic E-state index is 13.9. The molecule has 0 amide bonds. The fraction of sp³-hybridized carbons (Fsp3) is 0.250. The number of hydrogen-bond donors (Lipinski definition) is 1. The van der Waals surface area contributed by atoms with Crippen LogP contribution >= 0.6 is 0 Å². The van der Waals surface area contributed by atoms with E-state index >= 15 is 0 Å². The summed E-state index contributed by atoms with van der Waals surface area (Å²) in [5.41, 5.74) is 4.12. The molecule has 3 heteroatoms. The first kappa shape index (κ1) is 13.6. The number of rotatable bonds is 3. The molecule has 0 spiro atoms. The lowest BCUT2D eigenvalue weighted by molar-refractivity contribution is 0.280. The second-order valence-corrected chi connectivity index (χ2v) is 4.59. The molecule has 2 aromatic rings. The zero-order chi connectivity index (χ0) is 14.0. The van der Waals surface area contributed by atoms with Crippen molar-refractivity contribution in [2.45, 2.75) is 20.5 Å². The minimum atomic E-state index is -0.281. The molecule has 0 radical (unpaired) electrons. The SMILES string of the molecule is COc1ccc(F)c(-c2cc(C)c(CO)c(C)c2)c1. The monoisotopic (exact) mass is 260 g/mol. The van der Waals surface area contributed by atoms with E-state index in [0.29, 0.717) is 11.3 Å². The maximum Gasteiger partial charge on any atom is 0.131 e. The maximum absolute atomic E-state index is 13.9. The van der Waals surface area contributed by atoms with Gasteiger partial charge in [-0.05, 0) is 54.3 Å². The van der Waals surface area contributed by atoms with Crippen LogP contribution in [-0.2, 0) is 6.61 Å². The minimum Gasteiger partial charge on any atom is -0.497 e. The second-order valence-electron chi connectivity index (χ2n) is 4.59. The summed E-state index contributed by atoms with van der Waals surface area (Å²) in [6.45, 7) is 3.83. The van der Waals surface area contributed by atoms with Crippen molar-refractivity contribution >= 4 is 0 Å². The van der Waals surface area contributed by atoms with Crippen molar-refractivity contribution in [2.75, 3.05) is 7.11 Å². The summed E-state index contributed by atoms with van der Waals surface area (Å²) in [7, 11) is 1.56. The van der Waals surface area contributed by atoms with Crippen LogP contribution in [0.25, 0.3) is 11.1 Å². The first-order valence-corrected chi connectivity index (χ1v) is 6.11. The van der Waals surface area contributed by atoms with Gasteiger partial charge in [-0.15, -0.1) is 0 Å². The number of ether oxygens (including phenoxy) is 1. The molecule has 0 unspecified atom stereocenters. The summed E-state index contributed by atoms with van der Waals surface area (Å²) in [5, 5.41) is 9.30. The Labute approximate surface area is 112 Å². The topological polar surface area (TPSA) is 29.5 Å². The molecule has 0 heterocycles. The minimum absolute atomic E-state index is 0.00145. The zero-order valence-corrected chi connectivity index (χ0v) is 11.3. The molecule has 0 aliphatic rings. The van der Waals surface area contributed by atoms with Crippen molar-refractivity contribution in [1.82, 2.24) is 0 Å². The highest BCUT2D eigenvalue weighted by Crippen LogP contribution is 2.30. The van der Waals surface area contributed by atoms with Crippen LogP contribution in [0.4, 0.5) is 4.39 Å². The molecule has 0 bridgehead atoms. The number of halogens is 1. The lowest BCUT2D eigenvalue weighted by atomic mass is 9.95. The molecule has 19 heavy (non-hydrogen) atoms. The number of methoxy groups -OCH3 is 1. The molecule has 0 atom stereocenters. The molecule has 100 valence electrons. The molecule has 0 aromatic heterocycles. The van der Waals surface area contributed by atoms with Gasteiger partial charge in [0, 0.05) is 5.56 Å². The fourth-order valence-corrected chi connectivity index (χ4v) is 2.25. The third-order valence-corrected chi connectivity index (χ3v) is 3.34. The Morgan fingerprint density at radius 3 is 2.26 bits per heavy atom. The summed E-state index contributed by atoms with van der Waals surface area (Å²) in [6.07, 6.45) is 0. The van der Waals surface area contributed by atoms with Gasteiger partial charge in [-0.2, -0.15) is 0 Å². The molecular weight excluding hydrogens is 243 g/mol. The Kier molecular flexibility index (Phi) is 3.86. The van der Waals surface area contributed by atoms with E-state index in [1.54, 1.807) is 19.2 Å². The van der Waals surface area contributed by atoms with Crippen LogP contribution in [0, 0.1) is 19.7 Å². The number of hydrogen-bond acceptors (Lipinski definition) is 2. The van der Waals surface area contributed by atoms with Gasteiger partial charge < -0.3 is 9.84 Å². The molecule has 0 aliphatic carbocycles. The molecule has 0 saturated carbocycles. The molecule has 0 saturated heterocycles. The third kappa shape index (κ3) is 2.61. The summed E-state index contributed by atoms with van der Waals surface area (Å²) < 4.78 is 19.1. The normalized spacial score (nSPS) is 10.6. The molecule has 2 rings (SSSR count). The van der Waals surface area contributed by atoms with E-state index < -0.39 is 0 Å². The van der Waals surface area contributed by atoms with Gasteiger partial charge in [0.2, 0.25) is 0 Å². The van der Waals surface area contributed by atoms with Gasteiger partial charge in [0.25, 0.3) is 0 Å². The van der Waals surface area contributed by atoms with Gasteiger partial charge >= 0.3 is 0 Å². The molecular formula is C16H17FO2. The van der Waals surface area contributed by atoms with E-state index in [1.807, 2.05) is 26.0 Å². The molecule has 0 aliphatic heterocycles. The largest absolute Gasteiger partial charge is 0.497 e. The second kappa shape index (κ2) is 5.41. The van der Waals surface area contributed by atoms with Gasteiger partial charge in [-0.3, -0.25) is 0 Å². The van der Waals surface area contributed by atoms with E-state index in [-0.39, 0.29) is 12.4 Å². The fourth-order valence-electron chi connectivity index (χ4n) is 2.25. The van der Waals surface area contributed by atoms with Crippen LogP contribution in [-0.4, -0.2) is 12.2 Å². The predicted octanol–water partition coefficient (Wildman–Crippen LogP) is 3.61.